The SMILES string of the molecule is COc1ccc(OC(C)(C)C(=O)ON2C(=O)c3ccccc3C2=O)cc1. The predicted molar refractivity (Wildman–Crippen MR) is 90.7 cm³/mol. The molecule has 0 fully saturated rings. The van der Waals surface area contributed by atoms with Crippen LogP contribution in [0.1, 0.15) is 34.6 Å². The monoisotopic (exact) mass is 355 g/mol. The Hall–Kier alpha value is -3.35. The molecule has 0 aliphatic carbocycles. The average Bonchev–Trinajstić information content (AvgIpc) is 2.87. The third-order valence-electron chi connectivity index (χ3n) is 3.86. The van der Waals surface area contributed by atoms with E-state index in [0.29, 0.717) is 16.6 Å². The van der Waals surface area contributed by atoms with Crippen LogP contribution in [-0.4, -0.2) is 35.6 Å². The molecule has 0 atom stereocenters. The van der Waals surface area contributed by atoms with Gasteiger partial charge < -0.3 is 14.3 Å². The third kappa shape index (κ3) is 3.11. The molecule has 2 aromatic carbocycles. The highest BCUT2D eigenvalue weighted by atomic mass is 16.7. The van der Waals surface area contributed by atoms with Crippen LogP contribution in [0, 0.1) is 0 Å². The van der Waals surface area contributed by atoms with Crippen molar-refractivity contribution in [1.29, 1.82) is 0 Å². The molecule has 26 heavy (non-hydrogen) atoms. The molecule has 2 amide bonds. The fourth-order valence-electron chi connectivity index (χ4n) is 2.42. The Balaban J connectivity index is 1.72. The molecule has 1 aliphatic heterocycles. The van der Waals surface area contributed by atoms with Gasteiger partial charge in [-0.1, -0.05) is 17.2 Å². The topological polar surface area (TPSA) is 82.1 Å². The minimum Gasteiger partial charge on any atom is -0.497 e. The maximum atomic E-state index is 12.5. The first kappa shape index (κ1) is 17.5. The summed E-state index contributed by atoms with van der Waals surface area (Å²) in [4.78, 5) is 42.1. The zero-order valence-electron chi connectivity index (χ0n) is 14.5. The van der Waals surface area contributed by atoms with E-state index in [9.17, 15) is 14.4 Å². The third-order valence-corrected chi connectivity index (χ3v) is 3.86. The van der Waals surface area contributed by atoms with Gasteiger partial charge >= 0.3 is 5.97 Å². The van der Waals surface area contributed by atoms with Crippen LogP contribution in [0.25, 0.3) is 0 Å². The normalized spacial score (nSPS) is 13.4. The van der Waals surface area contributed by atoms with Crippen molar-refractivity contribution < 1.29 is 28.7 Å². The summed E-state index contributed by atoms with van der Waals surface area (Å²) in [5.41, 5.74) is -1.04. The maximum Gasteiger partial charge on any atom is 0.375 e. The first-order valence-electron chi connectivity index (χ1n) is 7.87. The molecule has 0 aromatic heterocycles. The number of rotatable bonds is 5. The van der Waals surface area contributed by atoms with Gasteiger partial charge in [-0.05, 0) is 50.2 Å². The number of imide groups is 1. The van der Waals surface area contributed by atoms with Crippen molar-refractivity contribution in [2.45, 2.75) is 19.4 Å². The summed E-state index contributed by atoms with van der Waals surface area (Å²) in [6.07, 6.45) is 0. The number of hydroxylamine groups is 2. The maximum absolute atomic E-state index is 12.5. The van der Waals surface area contributed by atoms with Gasteiger partial charge in [-0.3, -0.25) is 9.59 Å². The van der Waals surface area contributed by atoms with Gasteiger partial charge in [0.2, 0.25) is 5.60 Å². The zero-order chi connectivity index (χ0) is 18.9. The number of carbonyl (C=O) groups excluding carboxylic acids is 3. The fourth-order valence-corrected chi connectivity index (χ4v) is 2.42. The number of carbonyl (C=O) groups is 3. The molecule has 2 aromatic rings. The average molecular weight is 355 g/mol. The Kier molecular flexibility index (Phi) is 4.38. The van der Waals surface area contributed by atoms with E-state index in [1.807, 2.05) is 0 Å². The number of fused-ring (bicyclic) bond motifs is 1. The van der Waals surface area contributed by atoms with Crippen molar-refractivity contribution in [2.75, 3.05) is 7.11 Å². The van der Waals surface area contributed by atoms with E-state index in [1.165, 1.54) is 26.0 Å². The zero-order valence-corrected chi connectivity index (χ0v) is 14.5. The quantitative estimate of drug-likeness (QED) is 0.767. The summed E-state index contributed by atoms with van der Waals surface area (Å²) >= 11 is 0. The lowest BCUT2D eigenvalue weighted by Crippen LogP contribution is -2.45. The van der Waals surface area contributed by atoms with Gasteiger partial charge in [-0.15, -0.1) is 0 Å². The van der Waals surface area contributed by atoms with Crippen LogP contribution in [0.15, 0.2) is 48.5 Å². The van der Waals surface area contributed by atoms with Crippen LogP contribution in [0.2, 0.25) is 0 Å². The lowest BCUT2D eigenvalue weighted by atomic mass is 10.1. The molecule has 0 saturated carbocycles. The van der Waals surface area contributed by atoms with Gasteiger partial charge in [-0.2, -0.15) is 0 Å². The highest BCUT2D eigenvalue weighted by molar-refractivity contribution is 6.20. The predicted octanol–water partition coefficient (Wildman–Crippen LogP) is 2.61. The summed E-state index contributed by atoms with van der Waals surface area (Å²) in [6, 6.07) is 12.9. The molecular weight excluding hydrogens is 338 g/mol. The molecular formula is C19H17NO6. The van der Waals surface area contributed by atoms with Crippen LogP contribution >= 0.6 is 0 Å². The number of nitrogens with zero attached hydrogens (tertiary/aromatic N) is 1. The van der Waals surface area contributed by atoms with E-state index in [-0.39, 0.29) is 11.1 Å². The largest absolute Gasteiger partial charge is 0.497 e. The Morgan fingerprint density at radius 3 is 1.88 bits per heavy atom. The summed E-state index contributed by atoms with van der Waals surface area (Å²) in [7, 11) is 1.54. The molecule has 0 bridgehead atoms. The molecule has 0 unspecified atom stereocenters. The Labute approximate surface area is 150 Å². The van der Waals surface area contributed by atoms with Gasteiger partial charge in [-0.25, -0.2) is 4.79 Å². The lowest BCUT2D eigenvalue weighted by molar-refractivity contribution is -0.184. The number of ether oxygens (including phenoxy) is 2. The lowest BCUT2D eigenvalue weighted by Gasteiger charge is -2.25. The van der Waals surface area contributed by atoms with Gasteiger partial charge in [0.1, 0.15) is 11.5 Å². The highest BCUT2D eigenvalue weighted by Crippen LogP contribution is 2.26. The first-order valence-corrected chi connectivity index (χ1v) is 7.87. The van der Waals surface area contributed by atoms with E-state index in [4.69, 9.17) is 14.3 Å². The number of amides is 2. The minimum absolute atomic E-state index is 0.194. The van der Waals surface area contributed by atoms with Crippen molar-refractivity contribution in [1.82, 2.24) is 5.06 Å². The van der Waals surface area contributed by atoms with E-state index >= 15 is 0 Å². The summed E-state index contributed by atoms with van der Waals surface area (Å²) in [5.74, 6) is -1.18. The van der Waals surface area contributed by atoms with E-state index in [0.717, 1.165) is 0 Å². The smallest absolute Gasteiger partial charge is 0.375 e. The number of benzene rings is 2. The molecule has 3 rings (SSSR count). The van der Waals surface area contributed by atoms with E-state index < -0.39 is 23.4 Å². The summed E-state index contributed by atoms with van der Waals surface area (Å²) < 4.78 is 10.7. The minimum atomic E-state index is -1.43. The molecule has 1 aliphatic rings. The van der Waals surface area contributed by atoms with E-state index in [1.54, 1.807) is 43.5 Å². The summed E-state index contributed by atoms with van der Waals surface area (Å²) in [5, 5.41) is 0.464. The van der Waals surface area contributed by atoms with Gasteiger partial charge in [0.25, 0.3) is 11.8 Å². The molecule has 7 heteroatoms. The van der Waals surface area contributed by atoms with Crippen molar-refractivity contribution in [3.8, 4) is 11.5 Å². The molecule has 0 N–H and O–H groups in total. The molecule has 7 nitrogen and oxygen atoms in total. The van der Waals surface area contributed by atoms with Crippen LogP contribution in [0.5, 0.6) is 11.5 Å². The Bertz CT molecular complexity index is 837. The Morgan fingerprint density at radius 1 is 0.885 bits per heavy atom. The number of hydrogen-bond donors (Lipinski definition) is 0. The van der Waals surface area contributed by atoms with Crippen molar-refractivity contribution in [3.05, 3.63) is 59.7 Å². The van der Waals surface area contributed by atoms with Crippen molar-refractivity contribution in [3.63, 3.8) is 0 Å². The second-order valence-electron chi connectivity index (χ2n) is 6.12. The molecule has 1 heterocycles. The fraction of sp³-hybridized carbons (Fsp3) is 0.211. The highest BCUT2D eigenvalue weighted by Gasteiger charge is 2.42. The molecule has 0 spiro atoms. The van der Waals surface area contributed by atoms with Crippen LogP contribution in [0.3, 0.4) is 0 Å². The molecule has 134 valence electrons. The Morgan fingerprint density at radius 2 is 1.38 bits per heavy atom. The molecule has 0 saturated heterocycles. The second-order valence-corrected chi connectivity index (χ2v) is 6.12. The number of hydrogen-bond acceptors (Lipinski definition) is 6. The molecule has 0 radical (unpaired) electrons. The van der Waals surface area contributed by atoms with Gasteiger partial charge in [0.15, 0.2) is 0 Å². The second kappa shape index (κ2) is 6.51. The van der Waals surface area contributed by atoms with Gasteiger partial charge in [0.05, 0.1) is 18.2 Å². The summed E-state index contributed by atoms with van der Waals surface area (Å²) in [6.45, 7) is 2.97. The van der Waals surface area contributed by atoms with Crippen molar-refractivity contribution in [2.24, 2.45) is 0 Å². The van der Waals surface area contributed by atoms with Crippen LogP contribution < -0.4 is 9.47 Å². The van der Waals surface area contributed by atoms with Gasteiger partial charge in [0, 0.05) is 0 Å². The van der Waals surface area contributed by atoms with Crippen LogP contribution in [0.4, 0.5) is 0 Å². The van der Waals surface area contributed by atoms with E-state index in [2.05, 4.69) is 0 Å². The number of methoxy groups -OCH3 is 1. The standard InChI is InChI=1S/C19H17NO6/c1-19(2,25-13-10-8-12(24-3)9-11-13)18(23)26-20-16(21)14-6-4-5-7-15(14)17(20)22/h4-11H,1-3H3. The van der Waals surface area contributed by atoms with Crippen molar-refractivity contribution >= 4 is 17.8 Å². The van der Waals surface area contributed by atoms with Crippen LogP contribution in [-0.2, 0) is 9.63 Å². The first-order chi connectivity index (χ1) is 12.3.